The van der Waals surface area contributed by atoms with Crippen LogP contribution in [0, 0.1) is 0 Å². The van der Waals surface area contributed by atoms with Crippen molar-refractivity contribution in [2.75, 3.05) is 24.1 Å². The monoisotopic (exact) mass is 368 g/mol. The number of carbonyl (C=O) groups excluding carboxylic acids is 1. The number of nitrogens with one attached hydrogen (secondary N) is 3. The fourth-order valence-corrected chi connectivity index (χ4v) is 3.16. The second kappa shape index (κ2) is 7.98. The van der Waals surface area contributed by atoms with E-state index in [-0.39, 0.29) is 6.17 Å². The van der Waals surface area contributed by atoms with E-state index in [9.17, 15) is 4.79 Å². The summed E-state index contributed by atoms with van der Waals surface area (Å²) in [4.78, 5) is 12.1. The molecule has 1 saturated heterocycles. The molecule has 1 aliphatic heterocycles. The van der Waals surface area contributed by atoms with Crippen LogP contribution in [0.2, 0.25) is 0 Å². The topological polar surface area (TPSA) is 88.4 Å². The first kappa shape index (κ1) is 19.2. The summed E-state index contributed by atoms with van der Waals surface area (Å²) in [5.74, 6) is 0.368. The van der Waals surface area contributed by atoms with Crippen molar-refractivity contribution in [2.45, 2.75) is 38.5 Å². The van der Waals surface area contributed by atoms with Gasteiger partial charge >= 0.3 is 6.09 Å². The van der Waals surface area contributed by atoms with Crippen molar-refractivity contribution in [2.24, 2.45) is 0 Å². The molecule has 6 heteroatoms. The van der Waals surface area contributed by atoms with E-state index in [2.05, 4.69) is 28.1 Å². The zero-order chi connectivity index (χ0) is 19.4. The maximum absolute atomic E-state index is 12.1. The maximum Gasteiger partial charge on any atom is 0.412 e. The molecule has 0 unspecified atom stereocenters. The molecule has 1 amide bonds. The first-order chi connectivity index (χ1) is 12.8. The normalized spacial score (nSPS) is 20.1. The number of carbonyl (C=O) groups is 1. The van der Waals surface area contributed by atoms with Crippen molar-refractivity contribution in [1.82, 2.24) is 10.6 Å². The first-order valence-electron chi connectivity index (χ1n) is 9.23. The molecule has 144 valence electrons. The molecule has 27 heavy (non-hydrogen) atoms. The third-order valence-corrected chi connectivity index (χ3v) is 4.45. The molecular weight excluding hydrogens is 340 g/mol. The first-order valence-corrected chi connectivity index (χ1v) is 9.23. The van der Waals surface area contributed by atoms with Crippen LogP contribution in [-0.2, 0) is 4.74 Å². The van der Waals surface area contributed by atoms with E-state index < -0.39 is 11.7 Å². The lowest BCUT2D eigenvalue weighted by molar-refractivity contribution is 0.0635. The van der Waals surface area contributed by atoms with Gasteiger partial charge in [-0.05, 0) is 44.5 Å². The largest absolute Gasteiger partial charge is 0.444 e. The van der Waals surface area contributed by atoms with E-state index in [1.807, 2.05) is 57.2 Å². The minimum atomic E-state index is -0.535. The van der Waals surface area contributed by atoms with E-state index >= 15 is 0 Å². The number of benzene rings is 2. The Morgan fingerprint density at radius 1 is 1.07 bits per heavy atom. The minimum Gasteiger partial charge on any atom is -0.444 e. The molecule has 1 heterocycles. The Morgan fingerprint density at radius 2 is 1.70 bits per heavy atom. The van der Waals surface area contributed by atoms with Crippen LogP contribution < -0.4 is 21.7 Å². The van der Waals surface area contributed by atoms with Crippen LogP contribution in [0.4, 0.5) is 16.2 Å². The zero-order valence-corrected chi connectivity index (χ0v) is 16.1. The predicted molar refractivity (Wildman–Crippen MR) is 109 cm³/mol. The highest BCUT2D eigenvalue weighted by Gasteiger charge is 2.25. The summed E-state index contributed by atoms with van der Waals surface area (Å²) in [5.41, 5.74) is 8.99. The molecule has 2 aromatic carbocycles. The number of nitrogen functional groups attached to an aromatic ring is 1. The summed E-state index contributed by atoms with van der Waals surface area (Å²) >= 11 is 0. The second-order valence-electron chi connectivity index (χ2n) is 7.83. The Hall–Kier alpha value is -2.57. The number of para-hydroxylation sites is 1. The fourth-order valence-electron chi connectivity index (χ4n) is 3.16. The Balaban J connectivity index is 1.66. The van der Waals surface area contributed by atoms with E-state index in [1.165, 1.54) is 5.56 Å². The molecule has 0 atom stereocenters. The highest BCUT2D eigenvalue weighted by molar-refractivity contribution is 5.86. The Kier molecular flexibility index (Phi) is 5.68. The van der Waals surface area contributed by atoms with Gasteiger partial charge in [0.25, 0.3) is 0 Å². The molecule has 0 radical (unpaired) electrons. The highest BCUT2D eigenvalue weighted by atomic mass is 16.6. The van der Waals surface area contributed by atoms with Gasteiger partial charge in [0.1, 0.15) is 5.60 Å². The van der Waals surface area contributed by atoms with Crippen molar-refractivity contribution in [3.63, 3.8) is 0 Å². The fraction of sp³-hybridized carbons (Fsp3) is 0.381. The van der Waals surface area contributed by atoms with Crippen LogP contribution in [-0.4, -0.2) is 24.8 Å². The summed E-state index contributed by atoms with van der Waals surface area (Å²) in [5, 5.41) is 9.91. The second-order valence-corrected chi connectivity index (χ2v) is 7.83. The SMILES string of the molecule is CC(C)(C)OC(=O)Nc1ccccc1C1NCC(c2ccc(N)cc2)CN1. The van der Waals surface area contributed by atoms with Crippen molar-refractivity contribution in [1.29, 1.82) is 0 Å². The van der Waals surface area contributed by atoms with Gasteiger partial charge in [-0.15, -0.1) is 0 Å². The average molecular weight is 368 g/mol. The van der Waals surface area contributed by atoms with Gasteiger partial charge < -0.3 is 10.5 Å². The van der Waals surface area contributed by atoms with Gasteiger partial charge in [-0.1, -0.05) is 30.3 Å². The lowest BCUT2D eigenvalue weighted by atomic mass is 9.95. The van der Waals surface area contributed by atoms with Crippen LogP contribution >= 0.6 is 0 Å². The number of rotatable bonds is 3. The van der Waals surface area contributed by atoms with Crippen molar-refractivity contribution in [3.8, 4) is 0 Å². The molecule has 2 aromatic rings. The minimum absolute atomic E-state index is 0.0406. The molecule has 1 aliphatic rings. The molecule has 6 nitrogen and oxygen atoms in total. The van der Waals surface area contributed by atoms with Crippen LogP contribution in [0.3, 0.4) is 0 Å². The van der Waals surface area contributed by atoms with E-state index in [0.29, 0.717) is 5.92 Å². The zero-order valence-electron chi connectivity index (χ0n) is 16.1. The van der Waals surface area contributed by atoms with Crippen LogP contribution in [0.5, 0.6) is 0 Å². The summed E-state index contributed by atoms with van der Waals surface area (Å²) in [6.07, 6.45) is -0.494. The number of ether oxygens (including phenoxy) is 1. The highest BCUT2D eigenvalue weighted by Crippen LogP contribution is 2.26. The number of amides is 1. The van der Waals surface area contributed by atoms with Crippen molar-refractivity contribution >= 4 is 17.5 Å². The smallest absolute Gasteiger partial charge is 0.412 e. The van der Waals surface area contributed by atoms with Crippen molar-refractivity contribution in [3.05, 3.63) is 59.7 Å². The van der Waals surface area contributed by atoms with E-state index in [0.717, 1.165) is 30.0 Å². The molecule has 0 spiro atoms. The number of hydrogen-bond donors (Lipinski definition) is 4. The molecule has 0 aliphatic carbocycles. The summed E-state index contributed by atoms with van der Waals surface area (Å²) in [6.45, 7) is 7.21. The van der Waals surface area contributed by atoms with Gasteiger partial charge in [0, 0.05) is 30.3 Å². The number of hydrogen-bond acceptors (Lipinski definition) is 5. The van der Waals surface area contributed by atoms with Gasteiger partial charge in [0.15, 0.2) is 0 Å². The Bertz CT molecular complexity index is 776. The standard InChI is InChI=1S/C21H28N4O2/c1-21(2,3)27-20(26)25-18-7-5-4-6-17(18)19-23-12-15(13-24-19)14-8-10-16(22)11-9-14/h4-11,15,19,23-24H,12-13,22H2,1-3H3,(H,25,26). The van der Waals surface area contributed by atoms with Gasteiger partial charge in [0.05, 0.1) is 11.9 Å². The Labute approximate surface area is 160 Å². The molecule has 3 rings (SSSR count). The van der Waals surface area contributed by atoms with Gasteiger partial charge in [-0.2, -0.15) is 0 Å². The molecule has 0 aromatic heterocycles. The summed E-state index contributed by atoms with van der Waals surface area (Å²) in [6, 6.07) is 15.8. The number of anilines is 2. The van der Waals surface area contributed by atoms with Gasteiger partial charge in [-0.25, -0.2) is 4.79 Å². The van der Waals surface area contributed by atoms with Crippen LogP contribution in [0.25, 0.3) is 0 Å². The van der Waals surface area contributed by atoms with Gasteiger partial charge in [0.2, 0.25) is 0 Å². The van der Waals surface area contributed by atoms with Gasteiger partial charge in [-0.3, -0.25) is 16.0 Å². The molecule has 5 N–H and O–H groups in total. The van der Waals surface area contributed by atoms with E-state index in [1.54, 1.807) is 0 Å². The summed E-state index contributed by atoms with van der Waals surface area (Å²) < 4.78 is 5.37. The molecule has 0 saturated carbocycles. The third-order valence-electron chi connectivity index (χ3n) is 4.45. The average Bonchev–Trinajstić information content (AvgIpc) is 2.61. The quantitative estimate of drug-likeness (QED) is 0.622. The lowest BCUT2D eigenvalue weighted by Crippen LogP contribution is -2.46. The predicted octanol–water partition coefficient (Wildman–Crippen LogP) is 3.59. The molecule has 0 bridgehead atoms. The summed E-state index contributed by atoms with van der Waals surface area (Å²) in [7, 11) is 0. The molecular formula is C21H28N4O2. The van der Waals surface area contributed by atoms with Crippen LogP contribution in [0.1, 0.15) is 44.0 Å². The van der Waals surface area contributed by atoms with Crippen molar-refractivity contribution < 1.29 is 9.53 Å². The third kappa shape index (κ3) is 5.21. The maximum atomic E-state index is 12.1. The lowest BCUT2D eigenvalue weighted by Gasteiger charge is -2.33. The number of nitrogens with two attached hydrogens (primary N) is 1. The Morgan fingerprint density at radius 3 is 2.33 bits per heavy atom. The van der Waals surface area contributed by atoms with E-state index in [4.69, 9.17) is 10.5 Å². The van der Waals surface area contributed by atoms with Crippen LogP contribution in [0.15, 0.2) is 48.5 Å². The molecule has 1 fully saturated rings.